The molecule has 0 bridgehead atoms. The molecule has 3 unspecified atom stereocenters. The Labute approximate surface area is 164 Å². The number of hydrogen-bond acceptors (Lipinski definition) is 3. The van der Waals surface area contributed by atoms with E-state index in [0.29, 0.717) is 5.41 Å². The van der Waals surface area contributed by atoms with Crippen molar-refractivity contribution in [2.24, 2.45) is 22.2 Å². The van der Waals surface area contributed by atoms with Gasteiger partial charge in [0.1, 0.15) is 0 Å². The monoisotopic (exact) mass is 450 g/mol. The number of piperidine rings is 1. The summed E-state index contributed by atoms with van der Waals surface area (Å²) in [7, 11) is 1.91. The predicted molar refractivity (Wildman–Crippen MR) is 110 cm³/mol. The fraction of sp³-hybridized carbons (Fsp3) is 0.944. The molecule has 24 heavy (non-hydrogen) atoms. The number of hydrogen-bond donors (Lipinski definition) is 1. The van der Waals surface area contributed by atoms with Crippen molar-refractivity contribution < 1.29 is 4.74 Å². The Morgan fingerprint density at radius 1 is 1.25 bits per heavy atom. The highest BCUT2D eigenvalue weighted by molar-refractivity contribution is 14.0. The largest absolute Gasteiger partial charge is 0.381 e. The van der Waals surface area contributed by atoms with Gasteiger partial charge in [-0.15, -0.1) is 24.0 Å². The molecule has 0 radical (unpaired) electrons. The van der Waals surface area contributed by atoms with Crippen molar-refractivity contribution in [3.63, 3.8) is 0 Å². The molecule has 3 atom stereocenters. The van der Waals surface area contributed by atoms with Gasteiger partial charge in [0.05, 0.1) is 6.61 Å². The molecule has 3 aliphatic heterocycles. The first kappa shape index (κ1) is 20.2. The Hall–Kier alpha value is -0.0800. The van der Waals surface area contributed by atoms with Crippen molar-refractivity contribution in [2.75, 3.05) is 59.5 Å². The van der Waals surface area contributed by atoms with E-state index < -0.39 is 0 Å². The van der Waals surface area contributed by atoms with Gasteiger partial charge >= 0.3 is 0 Å². The van der Waals surface area contributed by atoms with Crippen LogP contribution in [0.1, 0.15) is 33.1 Å². The summed E-state index contributed by atoms with van der Waals surface area (Å²) in [5.74, 6) is 2.74. The van der Waals surface area contributed by atoms with Gasteiger partial charge < -0.3 is 19.9 Å². The maximum absolute atomic E-state index is 5.63. The molecule has 0 amide bonds. The Bertz CT molecular complexity index is 415. The number of likely N-dealkylation sites (tertiary alicyclic amines) is 2. The van der Waals surface area contributed by atoms with Crippen LogP contribution in [0.4, 0.5) is 0 Å². The molecule has 0 aromatic rings. The number of aliphatic imine (C=N–C) groups is 1. The first-order valence-corrected chi connectivity index (χ1v) is 9.36. The topological polar surface area (TPSA) is 40.1 Å². The molecular weight excluding hydrogens is 415 g/mol. The lowest BCUT2D eigenvalue weighted by Gasteiger charge is -2.35. The Morgan fingerprint density at radius 2 is 2.00 bits per heavy atom. The van der Waals surface area contributed by atoms with Crippen LogP contribution < -0.4 is 5.32 Å². The minimum absolute atomic E-state index is 0. The zero-order valence-electron chi connectivity index (χ0n) is 15.6. The first-order valence-electron chi connectivity index (χ1n) is 9.36. The molecular formula is C18H35IN4O. The summed E-state index contributed by atoms with van der Waals surface area (Å²) in [6.45, 7) is 13.4. The van der Waals surface area contributed by atoms with E-state index in [1.54, 1.807) is 0 Å². The van der Waals surface area contributed by atoms with Gasteiger partial charge in [-0.3, -0.25) is 4.99 Å². The summed E-state index contributed by atoms with van der Waals surface area (Å²) < 4.78 is 5.63. The number of ether oxygens (including phenoxy) is 1. The van der Waals surface area contributed by atoms with E-state index in [4.69, 9.17) is 4.74 Å². The van der Waals surface area contributed by atoms with Crippen LogP contribution in [0.15, 0.2) is 4.99 Å². The third-order valence-corrected chi connectivity index (χ3v) is 5.79. The molecule has 3 saturated heterocycles. The number of halogens is 1. The first-order chi connectivity index (χ1) is 11.1. The number of nitrogens with zero attached hydrogens (tertiary/aromatic N) is 3. The van der Waals surface area contributed by atoms with Gasteiger partial charge in [0.2, 0.25) is 0 Å². The van der Waals surface area contributed by atoms with Crippen LogP contribution in [0, 0.1) is 17.3 Å². The molecule has 0 aliphatic carbocycles. The average Bonchev–Trinajstić information content (AvgIpc) is 3.13. The molecule has 3 rings (SSSR count). The van der Waals surface area contributed by atoms with Gasteiger partial charge in [0.25, 0.3) is 0 Å². The lowest BCUT2D eigenvalue weighted by atomic mass is 9.87. The molecule has 3 heterocycles. The van der Waals surface area contributed by atoms with E-state index in [0.717, 1.165) is 57.2 Å². The van der Waals surface area contributed by atoms with Gasteiger partial charge in [-0.2, -0.15) is 0 Å². The normalized spacial score (nSPS) is 34.6. The molecule has 6 heteroatoms. The SMILES string of the molecule is CN=C(NCCN1CC(C)CC(C)C1)N1CCC2(CCOC2)C1.I. The molecule has 5 nitrogen and oxygen atoms in total. The van der Waals surface area contributed by atoms with E-state index in [2.05, 4.69) is 34.0 Å². The number of nitrogens with one attached hydrogen (secondary N) is 1. The fourth-order valence-corrected chi connectivity index (χ4v) is 4.72. The molecule has 1 spiro atoms. The Balaban J connectivity index is 0.00000208. The molecule has 0 aromatic carbocycles. The quantitative estimate of drug-likeness (QED) is 0.407. The second-order valence-corrected chi connectivity index (χ2v) is 8.15. The second-order valence-electron chi connectivity index (χ2n) is 8.15. The van der Waals surface area contributed by atoms with Crippen LogP contribution in [0.3, 0.4) is 0 Å². The van der Waals surface area contributed by atoms with Crippen LogP contribution in [0.25, 0.3) is 0 Å². The summed E-state index contributed by atoms with van der Waals surface area (Å²) in [6.07, 6.45) is 3.84. The zero-order chi connectivity index (χ0) is 16.3. The molecule has 140 valence electrons. The summed E-state index contributed by atoms with van der Waals surface area (Å²) in [6, 6.07) is 0. The van der Waals surface area contributed by atoms with Crippen LogP contribution in [-0.2, 0) is 4.74 Å². The van der Waals surface area contributed by atoms with Gasteiger partial charge in [-0.1, -0.05) is 13.8 Å². The summed E-state index contributed by atoms with van der Waals surface area (Å²) in [4.78, 5) is 9.54. The van der Waals surface area contributed by atoms with Crippen molar-refractivity contribution in [2.45, 2.75) is 33.1 Å². The highest BCUT2D eigenvalue weighted by Gasteiger charge is 2.42. The van der Waals surface area contributed by atoms with Gasteiger partial charge in [-0.25, -0.2) is 0 Å². The van der Waals surface area contributed by atoms with Crippen molar-refractivity contribution in [1.29, 1.82) is 0 Å². The minimum Gasteiger partial charge on any atom is -0.381 e. The molecule has 1 N–H and O–H groups in total. The lowest BCUT2D eigenvalue weighted by molar-refractivity contribution is 0.143. The highest BCUT2D eigenvalue weighted by atomic mass is 127. The highest BCUT2D eigenvalue weighted by Crippen LogP contribution is 2.38. The molecule has 3 fully saturated rings. The van der Waals surface area contributed by atoms with E-state index in [1.165, 1.54) is 32.4 Å². The van der Waals surface area contributed by atoms with Crippen molar-refractivity contribution in [3.05, 3.63) is 0 Å². The van der Waals surface area contributed by atoms with Gasteiger partial charge in [-0.05, 0) is 31.1 Å². The molecule has 0 saturated carbocycles. The van der Waals surface area contributed by atoms with Crippen LogP contribution in [-0.4, -0.2) is 75.3 Å². The number of guanidine groups is 1. The maximum Gasteiger partial charge on any atom is 0.193 e. The number of rotatable bonds is 3. The van der Waals surface area contributed by atoms with Crippen molar-refractivity contribution >= 4 is 29.9 Å². The van der Waals surface area contributed by atoms with Crippen molar-refractivity contribution in [1.82, 2.24) is 15.1 Å². The second kappa shape index (κ2) is 9.03. The Morgan fingerprint density at radius 3 is 2.62 bits per heavy atom. The Kier molecular flexibility index (Phi) is 7.61. The summed E-state index contributed by atoms with van der Waals surface area (Å²) >= 11 is 0. The van der Waals surface area contributed by atoms with Crippen LogP contribution >= 0.6 is 24.0 Å². The predicted octanol–water partition coefficient (Wildman–Crippen LogP) is 2.27. The standard InChI is InChI=1S/C18H34N4O.HI/c1-15-10-16(2)12-21(11-15)8-6-20-17(19-3)22-7-4-18(13-22)5-9-23-14-18;/h15-16H,4-14H2,1-3H3,(H,19,20);1H. The van der Waals surface area contributed by atoms with Crippen molar-refractivity contribution in [3.8, 4) is 0 Å². The van der Waals surface area contributed by atoms with E-state index in [-0.39, 0.29) is 24.0 Å². The van der Waals surface area contributed by atoms with E-state index in [9.17, 15) is 0 Å². The van der Waals surface area contributed by atoms with Crippen LogP contribution in [0.2, 0.25) is 0 Å². The molecule has 0 aromatic heterocycles. The lowest BCUT2D eigenvalue weighted by Crippen LogP contribution is -2.46. The maximum atomic E-state index is 5.63. The van der Waals surface area contributed by atoms with E-state index in [1.807, 2.05) is 7.05 Å². The smallest absolute Gasteiger partial charge is 0.193 e. The molecule has 3 aliphatic rings. The summed E-state index contributed by atoms with van der Waals surface area (Å²) in [5, 5.41) is 3.59. The van der Waals surface area contributed by atoms with Gasteiger partial charge in [0.15, 0.2) is 5.96 Å². The van der Waals surface area contributed by atoms with E-state index >= 15 is 0 Å². The summed E-state index contributed by atoms with van der Waals surface area (Å²) in [5.41, 5.74) is 0.398. The fourth-order valence-electron chi connectivity index (χ4n) is 4.72. The zero-order valence-corrected chi connectivity index (χ0v) is 17.9. The minimum atomic E-state index is 0. The average molecular weight is 450 g/mol. The third-order valence-electron chi connectivity index (χ3n) is 5.79. The van der Waals surface area contributed by atoms with Crippen LogP contribution in [0.5, 0.6) is 0 Å². The third kappa shape index (κ3) is 4.97. The van der Waals surface area contributed by atoms with Gasteiger partial charge in [0, 0.05) is 58.3 Å².